The summed E-state index contributed by atoms with van der Waals surface area (Å²) in [5.41, 5.74) is 4.58. The fourth-order valence-electron chi connectivity index (χ4n) is 3.76. The van der Waals surface area contributed by atoms with Gasteiger partial charge in [0, 0.05) is 21.8 Å². The molecule has 1 aromatic heterocycles. The number of fused-ring (bicyclic) bond motifs is 3. The molecule has 0 spiro atoms. The van der Waals surface area contributed by atoms with Crippen LogP contribution in [0.15, 0.2) is 99.9 Å². The Morgan fingerprint density at radius 2 is 1.48 bits per heavy atom. The fourth-order valence-corrected chi connectivity index (χ4v) is 4.14. The SMILES string of the molecule is Brc1ccc2c(ccc3oc(Cc4ccccc4)c(-c4ccccc4)c32)c1. The Kier molecular flexibility index (Phi) is 4.06. The molecule has 0 atom stereocenters. The minimum Gasteiger partial charge on any atom is -0.460 e. The molecule has 130 valence electrons. The molecule has 0 aliphatic carbocycles. The minimum atomic E-state index is 0.776. The van der Waals surface area contributed by atoms with E-state index >= 15 is 0 Å². The summed E-state index contributed by atoms with van der Waals surface area (Å²) in [5, 5.41) is 3.62. The molecule has 4 aromatic carbocycles. The molecule has 5 rings (SSSR count). The molecule has 0 saturated carbocycles. The molecule has 0 amide bonds. The summed E-state index contributed by atoms with van der Waals surface area (Å²) in [6.45, 7) is 0. The lowest BCUT2D eigenvalue weighted by Crippen LogP contribution is -1.89. The van der Waals surface area contributed by atoms with Gasteiger partial charge in [-0.2, -0.15) is 0 Å². The highest BCUT2D eigenvalue weighted by atomic mass is 79.9. The standard InChI is InChI=1S/C25H17BrO/c26-20-12-13-21-19(16-20)11-14-22-25(21)24(18-9-5-2-6-10-18)23(27-22)15-17-7-3-1-4-8-17/h1-14,16H,15H2. The maximum atomic E-state index is 6.38. The van der Waals surface area contributed by atoms with E-state index in [4.69, 9.17) is 4.42 Å². The monoisotopic (exact) mass is 412 g/mol. The Bertz CT molecular complexity index is 1240. The second kappa shape index (κ2) is 6.71. The van der Waals surface area contributed by atoms with Crippen molar-refractivity contribution in [3.05, 3.63) is 107 Å². The second-order valence-electron chi connectivity index (χ2n) is 6.73. The molecule has 0 N–H and O–H groups in total. The first-order valence-electron chi connectivity index (χ1n) is 9.02. The number of benzene rings is 4. The second-order valence-corrected chi connectivity index (χ2v) is 7.65. The van der Waals surface area contributed by atoms with Crippen molar-refractivity contribution in [2.24, 2.45) is 0 Å². The van der Waals surface area contributed by atoms with Crippen molar-refractivity contribution >= 4 is 37.7 Å². The summed E-state index contributed by atoms with van der Waals surface area (Å²) >= 11 is 3.59. The highest BCUT2D eigenvalue weighted by Crippen LogP contribution is 2.40. The van der Waals surface area contributed by atoms with Crippen molar-refractivity contribution in [3.63, 3.8) is 0 Å². The van der Waals surface area contributed by atoms with E-state index in [-0.39, 0.29) is 0 Å². The average Bonchev–Trinajstić information content (AvgIpc) is 3.07. The van der Waals surface area contributed by atoms with Crippen molar-refractivity contribution < 1.29 is 4.42 Å². The smallest absolute Gasteiger partial charge is 0.135 e. The zero-order chi connectivity index (χ0) is 18.2. The van der Waals surface area contributed by atoms with Crippen LogP contribution < -0.4 is 0 Å². The van der Waals surface area contributed by atoms with E-state index in [1.54, 1.807) is 0 Å². The number of furan rings is 1. The van der Waals surface area contributed by atoms with Gasteiger partial charge in [0.2, 0.25) is 0 Å². The Morgan fingerprint density at radius 3 is 2.26 bits per heavy atom. The summed E-state index contributed by atoms with van der Waals surface area (Å²) in [5.74, 6) is 1.01. The third-order valence-electron chi connectivity index (χ3n) is 4.98. The highest BCUT2D eigenvalue weighted by Gasteiger charge is 2.18. The van der Waals surface area contributed by atoms with Gasteiger partial charge in [-0.1, -0.05) is 88.7 Å². The predicted octanol–water partition coefficient (Wildman–Crippen LogP) is 7.61. The topological polar surface area (TPSA) is 13.1 Å². The molecule has 0 saturated heterocycles. The third kappa shape index (κ3) is 2.96. The summed E-state index contributed by atoms with van der Waals surface area (Å²) in [7, 11) is 0. The van der Waals surface area contributed by atoms with E-state index in [0.29, 0.717) is 0 Å². The first kappa shape index (κ1) is 16.3. The van der Waals surface area contributed by atoms with Crippen LogP contribution in [-0.2, 0) is 6.42 Å². The molecule has 1 heterocycles. The Hall–Kier alpha value is -2.84. The molecule has 0 fully saturated rings. The Morgan fingerprint density at radius 1 is 0.741 bits per heavy atom. The third-order valence-corrected chi connectivity index (χ3v) is 5.47. The van der Waals surface area contributed by atoms with Crippen molar-refractivity contribution in [2.45, 2.75) is 6.42 Å². The molecule has 0 aliphatic heterocycles. The molecule has 1 nitrogen and oxygen atoms in total. The van der Waals surface area contributed by atoms with Crippen LogP contribution in [0.4, 0.5) is 0 Å². The normalized spacial score (nSPS) is 11.3. The van der Waals surface area contributed by atoms with Crippen LogP contribution in [0.1, 0.15) is 11.3 Å². The molecule has 0 aliphatic rings. The van der Waals surface area contributed by atoms with Crippen LogP contribution in [0.3, 0.4) is 0 Å². The molecule has 0 radical (unpaired) electrons. The molecular formula is C25H17BrO. The van der Waals surface area contributed by atoms with Gasteiger partial charge in [0.15, 0.2) is 0 Å². The molecule has 0 bridgehead atoms. The van der Waals surface area contributed by atoms with Gasteiger partial charge >= 0.3 is 0 Å². The van der Waals surface area contributed by atoms with Gasteiger partial charge in [0.1, 0.15) is 11.3 Å². The quantitative estimate of drug-likeness (QED) is 0.297. The van der Waals surface area contributed by atoms with Crippen LogP contribution in [-0.4, -0.2) is 0 Å². The van der Waals surface area contributed by atoms with Crippen LogP contribution >= 0.6 is 15.9 Å². The number of halogens is 1. The van der Waals surface area contributed by atoms with E-state index in [2.05, 4.69) is 101 Å². The summed E-state index contributed by atoms with van der Waals surface area (Å²) in [6, 6.07) is 31.7. The van der Waals surface area contributed by atoms with Gasteiger partial charge in [0.25, 0.3) is 0 Å². The lowest BCUT2D eigenvalue weighted by Gasteiger charge is -2.06. The van der Waals surface area contributed by atoms with Crippen LogP contribution in [0, 0.1) is 0 Å². The molecule has 0 unspecified atom stereocenters. The molecule has 2 heteroatoms. The first-order chi connectivity index (χ1) is 13.3. The summed E-state index contributed by atoms with van der Waals surface area (Å²) < 4.78 is 7.47. The lowest BCUT2D eigenvalue weighted by molar-refractivity contribution is 0.564. The number of hydrogen-bond acceptors (Lipinski definition) is 1. The maximum absolute atomic E-state index is 6.38. The Balaban J connectivity index is 1.83. The maximum Gasteiger partial charge on any atom is 0.135 e. The van der Waals surface area contributed by atoms with Crippen LogP contribution in [0.25, 0.3) is 32.9 Å². The average molecular weight is 413 g/mol. The number of rotatable bonds is 3. The van der Waals surface area contributed by atoms with E-state index in [0.717, 1.165) is 22.2 Å². The fraction of sp³-hybridized carbons (Fsp3) is 0.0400. The van der Waals surface area contributed by atoms with E-state index in [1.807, 2.05) is 6.07 Å². The van der Waals surface area contributed by atoms with E-state index < -0.39 is 0 Å². The zero-order valence-corrected chi connectivity index (χ0v) is 16.2. The molecule has 5 aromatic rings. The van der Waals surface area contributed by atoms with Gasteiger partial charge < -0.3 is 4.42 Å². The summed E-state index contributed by atoms with van der Waals surface area (Å²) in [6.07, 6.45) is 0.776. The molecule has 27 heavy (non-hydrogen) atoms. The minimum absolute atomic E-state index is 0.776. The predicted molar refractivity (Wildman–Crippen MR) is 116 cm³/mol. The van der Waals surface area contributed by atoms with Crippen LogP contribution in [0.5, 0.6) is 0 Å². The summed E-state index contributed by atoms with van der Waals surface area (Å²) in [4.78, 5) is 0. The van der Waals surface area contributed by atoms with Gasteiger partial charge in [-0.05, 0) is 40.1 Å². The van der Waals surface area contributed by atoms with Gasteiger partial charge in [-0.15, -0.1) is 0 Å². The van der Waals surface area contributed by atoms with Gasteiger partial charge in [-0.3, -0.25) is 0 Å². The lowest BCUT2D eigenvalue weighted by atomic mass is 9.95. The van der Waals surface area contributed by atoms with Crippen molar-refractivity contribution in [2.75, 3.05) is 0 Å². The Labute approximate surface area is 166 Å². The van der Waals surface area contributed by atoms with Crippen molar-refractivity contribution in [1.82, 2.24) is 0 Å². The van der Waals surface area contributed by atoms with Gasteiger partial charge in [0.05, 0.1) is 0 Å². The largest absolute Gasteiger partial charge is 0.460 e. The van der Waals surface area contributed by atoms with E-state index in [1.165, 1.54) is 32.8 Å². The van der Waals surface area contributed by atoms with Crippen molar-refractivity contribution in [3.8, 4) is 11.1 Å². The first-order valence-corrected chi connectivity index (χ1v) is 9.82. The molecular weight excluding hydrogens is 396 g/mol. The number of hydrogen-bond donors (Lipinski definition) is 0. The van der Waals surface area contributed by atoms with Gasteiger partial charge in [-0.25, -0.2) is 0 Å². The zero-order valence-electron chi connectivity index (χ0n) is 14.7. The van der Waals surface area contributed by atoms with Crippen molar-refractivity contribution in [1.29, 1.82) is 0 Å². The highest BCUT2D eigenvalue weighted by molar-refractivity contribution is 9.10. The van der Waals surface area contributed by atoms with Crippen LogP contribution in [0.2, 0.25) is 0 Å². The van der Waals surface area contributed by atoms with E-state index in [9.17, 15) is 0 Å².